The number of rotatable bonds is 6. The second kappa shape index (κ2) is 8.32. The Morgan fingerprint density at radius 3 is 2.21 bits per heavy atom. The van der Waals surface area contributed by atoms with Crippen molar-refractivity contribution >= 4 is 25.7 Å². The second-order valence-corrected chi connectivity index (χ2v) is 10.1. The summed E-state index contributed by atoms with van der Waals surface area (Å²) >= 11 is 0. The minimum Gasteiger partial charge on any atom is -0.378 e. The first-order valence-electron chi connectivity index (χ1n) is 8.33. The van der Waals surface area contributed by atoms with Gasteiger partial charge >= 0.3 is 0 Å². The molecule has 0 aliphatic heterocycles. The number of aryl methyl sites for hydroxylation is 1. The molecule has 0 amide bonds. The van der Waals surface area contributed by atoms with Gasteiger partial charge in [0.05, 0.1) is 11.4 Å². The number of aliphatic hydroxyl groups is 1. The van der Waals surface area contributed by atoms with E-state index in [2.05, 4.69) is 16.6 Å². The molecular formula is C19H22N2O5S2. The molecule has 0 fully saturated rings. The third-order valence-corrected chi connectivity index (χ3v) is 5.83. The van der Waals surface area contributed by atoms with E-state index in [1.807, 2.05) is 0 Å². The van der Waals surface area contributed by atoms with Crippen molar-refractivity contribution in [3.8, 4) is 11.8 Å². The SMILES string of the molecule is CC(C)(O)C#Cc1ccc(CCS(=O)(=O)Nc2ccccc2S(N)(=O)=O)cc1. The summed E-state index contributed by atoms with van der Waals surface area (Å²) in [6.07, 6.45) is 0.228. The number of primary sulfonamides is 1. The Morgan fingerprint density at radius 1 is 1.04 bits per heavy atom. The maximum Gasteiger partial charge on any atom is 0.240 e. The average molecular weight is 423 g/mol. The van der Waals surface area contributed by atoms with Gasteiger partial charge in [-0.2, -0.15) is 0 Å². The summed E-state index contributed by atoms with van der Waals surface area (Å²) < 4.78 is 50.1. The summed E-state index contributed by atoms with van der Waals surface area (Å²) in [5.74, 6) is 5.30. The highest BCUT2D eigenvalue weighted by atomic mass is 32.2. The smallest absolute Gasteiger partial charge is 0.240 e. The molecule has 2 rings (SSSR count). The Balaban J connectivity index is 2.07. The van der Waals surface area contributed by atoms with Crippen LogP contribution < -0.4 is 9.86 Å². The number of nitrogens with two attached hydrogens (primary N) is 1. The topological polar surface area (TPSA) is 127 Å². The molecule has 7 nitrogen and oxygen atoms in total. The largest absolute Gasteiger partial charge is 0.378 e. The number of anilines is 1. The van der Waals surface area contributed by atoms with Crippen LogP contribution in [0.2, 0.25) is 0 Å². The lowest BCUT2D eigenvalue weighted by atomic mass is 10.1. The molecule has 0 aromatic heterocycles. The van der Waals surface area contributed by atoms with Gasteiger partial charge in [0.2, 0.25) is 20.0 Å². The molecule has 0 aliphatic carbocycles. The summed E-state index contributed by atoms with van der Waals surface area (Å²) in [4.78, 5) is -0.284. The molecular weight excluding hydrogens is 400 g/mol. The third kappa shape index (κ3) is 6.98. The normalized spacial score (nSPS) is 12.1. The molecule has 0 radical (unpaired) electrons. The molecule has 0 unspecified atom stereocenters. The van der Waals surface area contributed by atoms with Gasteiger partial charge < -0.3 is 5.11 Å². The van der Waals surface area contributed by atoms with Crippen LogP contribution in [0, 0.1) is 11.8 Å². The molecule has 4 N–H and O–H groups in total. The van der Waals surface area contributed by atoms with E-state index in [9.17, 15) is 21.9 Å². The molecule has 150 valence electrons. The van der Waals surface area contributed by atoms with Crippen molar-refractivity contribution in [1.82, 2.24) is 0 Å². The summed E-state index contributed by atoms with van der Waals surface area (Å²) in [6, 6.07) is 12.5. The minimum atomic E-state index is -4.05. The van der Waals surface area contributed by atoms with E-state index < -0.39 is 25.6 Å². The standard InChI is InChI=1S/C19H22N2O5S2/c1-19(2,22)13-11-15-7-9-16(10-8-15)12-14-27(23,24)21-17-5-3-4-6-18(17)28(20,25)26/h3-10,21-22H,12,14H2,1-2H3,(H2,20,25,26). The first-order valence-corrected chi connectivity index (χ1v) is 11.5. The van der Waals surface area contributed by atoms with Crippen LogP contribution in [0.15, 0.2) is 53.4 Å². The van der Waals surface area contributed by atoms with Crippen LogP contribution in [0.3, 0.4) is 0 Å². The van der Waals surface area contributed by atoms with E-state index in [1.165, 1.54) is 24.3 Å². The third-order valence-electron chi connectivity index (χ3n) is 3.59. The van der Waals surface area contributed by atoms with Crippen molar-refractivity contribution < 1.29 is 21.9 Å². The fourth-order valence-electron chi connectivity index (χ4n) is 2.25. The second-order valence-electron chi connectivity index (χ2n) is 6.72. The van der Waals surface area contributed by atoms with Crippen molar-refractivity contribution in [1.29, 1.82) is 0 Å². The lowest BCUT2D eigenvalue weighted by molar-refractivity contribution is 0.143. The summed E-state index contributed by atoms with van der Waals surface area (Å²) in [5.41, 5.74) is 0.307. The molecule has 2 aromatic carbocycles. The van der Waals surface area contributed by atoms with E-state index in [0.717, 1.165) is 5.56 Å². The van der Waals surface area contributed by atoms with E-state index in [0.29, 0.717) is 5.56 Å². The Kier molecular flexibility index (Phi) is 6.52. The highest BCUT2D eigenvalue weighted by Crippen LogP contribution is 2.20. The Labute approximate surface area is 165 Å². The van der Waals surface area contributed by atoms with Gasteiger partial charge in [-0.05, 0) is 50.1 Å². The van der Waals surface area contributed by atoms with Gasteiger partial charge in [-0.25, -0.2) is 22.0 Å². The monoisotopic (exact) mass is 422 g/mol. The number of hydrogen-bond donors (Lipinski definition) is 3. The first-order chi connectivity index (χ1) is 12.9. The average Bonchev–Trinajstić information content (AvgIpc) is 2.58. The molecule has 0 saturated carbocycles. The first kappa shape index (κ1) is 21.9. The lowest BCUT2D eigenvalue weighted by Gasteiger charge is -2.11. The van der Waals surface area contributed by atoms with Gasteiger partial charge in [-0.3, -0.25) is 4.72 Å². The predicted octanol–water partition coefficient (Wildman–Crippen LogP) is 1.44. The van der Waals surface area contributed by atoms with Crippen molar-refractivity contribution in [2.45, 2.75) is 30.8 Å². The number of nitrogens with one attached hydrogen (secondary N) is 1. The quantitative estimate of drug-likeness (QED) is 0.607. The van der Waals surface area contributed by atoms with Crippen LogP contribution in [-0.4, -0.2) is 33.3 Å². The summed E-state index contributed by atoms with van der Waals surface area (Å²) in [5, 5.41) is 14.7. The number of benzene rings is 2. The number of hydrogen-bond acceptors (Lipinski definition) is 5. The maximum atomic E-state index is 12.3. The molecule has 0 spiro atoms. The molecule has 0 saturated heterocycles. The van der Waals surface area contributed by atoms with E-state index in [4.69, 9.17) is 5.14 Å². The molecule has 9 heteroatoms. The van der Waals surface area contributed by atoms with Crippen LogP contribution >= 0.6 is 0 Å². The lowest BCUT2D eigenvalue weighted by Crippen LogP contribution is -2.21. The van der Waals surface area contributed by atoms with Gasteiger partial charge in [0, 0.05) is 5.56 Å². The highest BCUT2D eigenvalue weighted by Gasteiger charge is 2.18. The van der Waals surface area contributed by atoms with Crippen molar-refractivity contribution in [3.63, 3.8) is 0 Å². The Bertz CT molecular complexity index is 1110. The van der Waals surface area contributed by atoms with Crippen molar-refractivity contribution in [2.24, 2.45) is 5.14 Å². The molecule has 0 atom stereocenters. The molecule has 0 aliphatic rings. The van der Waals surface area contributed by atoms with Crippen molar-refractivity contribution in [3.05, 3.63) is 59.7 Å². The summed E-state index contributed by atoms with van der Waals surface area (Å²) in [7, 11) is -7.84. The number of para-hydroxylation sites is 1. The van der Waals surface area contributed by atoms with Crippen LogP contribution in [0.25, 0.3) is 0 Å². The van der Waals surface area contributed by atoms with Crippen molar-refractivity contribution in [2.75, 3.05) is 10.5 Å². The van der Waals surface area contributed by atoms with E-state index in [-0.39, 0.29) is 22.8 Å². The van der Waals surface area contributed by atoms with Gasteiger partial charge in [0.25, 0.3) is 0 Å². The van der Waals surface area contributed by atoms with Crippen LogP contribution in [0.4, 0.5) is 5.69 Å². The van der Waals surface area contributed by atoms with Gasteiger partial charge in [-0.15, -0.1) is 0 Å². The fraction of sp³-hybridized carbons (Fsp3) is 0.263. The number of sulfonamides is 2. The molecule has 0 heterocycles. The van der Waals surface area contributed by atoms with Gasteiger partial charge in [-0.1, -0.05) is 36.1 Å². The minimum absolute atomic E-state index is 0.0813. The molecule has 0 bridgehead atoms. The van der Waals surface area contributed by atoms with Crippen LogP contribution in [0.5, 0.6) is 0 Å². The zero-order valence-corrected chi connectivity index (χ0v) is 17.1. The Morgan fingerprint density at radius 2 is 1.64 bits per heavy atom. The predicted molar refractivity (Wildman–Crippen MR) is 109 cm³/mol. The summed E-state index contributed by atoms with van der Waals surface area (Å²) in [6.45, 7) is 3.17. The van der Waals surface area contributed by atoms with Gasteiger partial charge in [0.15, 0.2) is 0 Å². The fourth-order valence-corrected chi connectivity index (χ4v) is 4.13. The van der Waals surface area contributed by atoms with Crippen LogP contribution in [-0.2, 0) is 26.5 Å². The molecule has 2 aromatic rings. The van der Waals surface area contributed by atoms with Gasteiger partial charge in [0.1, 0.15) is 10.5 Å². The zero-order valence-electron chi connectivity index (χ0n) is 15.5. The highest BCUT2D eigenvalue weighted by molar-refractivity contribution is 7.93. The Hall–Kier alpha value is -2.38. The van der Waals surface area contributed by atoms with E-state index in [1.54, 1.807) is 38.1 Å². The zero-order chi connectivity index (χ0) is 21.0. The maximum absolute atomic E-state index is 12.3. The molecule has 28 heavy (non-hydrogen) atoms. The van der Waals surface area contributed by atoms with Crippen LogP contribution in [0.1, 0.15) is 25.0 Å². The van der Waals surface area contributed by atoms with E-state index >= 15 is 0 Å².